The molecule has 0 spiro atoms. The Hall–Kier alpha value is -4.48. The number of rotatable bonds is 8. The molecular weight excluding hydrogens is 486 g/mol. The number of amides is 2. The second-order valence-electron chi connectivity index (χ2n) is 8.79. The summed E-state index contributed by atoms with van der Waals surface area (Å²) in [5.41, 5.74) is 2.85. The molecule has 4 aromatic rings. The molecule has 3 heterocycles. The van der Waals surface area contributed by atoms with Gasteiger partial charge in [-0.25, -0.2) is 4.98 Å². The Labute approximate surface area is 219 Å². The molecule has 2 N–H and O–H groups in total. The summed E-state index contributed by atoms with van der Waals surface area (Å²) in [6, 6.07) is 15.6. The molecule has 2 aromatic heterocycles. The van der Waals surface area contributed by atoms with Crippen molar-refractivity contribution in [2.75, 3.05) is 44.7 Å². The molecule has 1 saturated heterocycles. The van der Waals surface area contributed by atoms with Gasteiger partial charge in [0.25, 0.3) is 11.8 Å². The van der Waals surface area contributed by atoms with Crippen LogP contribution in [0.3, 0.4) is 0 Å². The number of anilines is 1. The van der Waals surface area contributed by atoms with Crippen LogP contribution in [0.15, 0.2) is 60.8 Å². The molecule has 38 heavy (non-hydrogen) atoms. The molecule has 0 aliphatic carbocycles. The van der Waals surface area contributed by atoms with Crippen molar-refractivity contribution >= 4 is 28.8 Å². The van der Waals surface area contributed by atoms with Crippen molar-refractivity contribution in [1.82, 2.24) is 30.4 Å². The monoisotopic (exact) mass is 513 g/mol. The van der Waals surface area contributed by atoms with Gasteiger partial charge in [-0.1, -0.05) is 17.7 Å². The predicted octanol–water partition coefficient (Wildman–Crippen LogP) is 2.83. The molecule has 0 radical (unpaired) electrons. The maximum Gasteiger partial charge on any atom is 0.270 e. The van der Waals surface area contributed by atoms with Crippen LogP contribution in [-0.2, 0) is 4.74 Å². The molecule has 11 nitrogen and oxygen atoms in total. The molecule has 2 aromatic carbocycles. The van der Waals surface area contributed by atoms with Crippen LogP contribution in [-0.4, -0.2) is 76.3 Å². The first-order valence-corrected chi connectivity index (χ1v) is 12.3. The molecule has 0 saturated carbocycles. The van der Waals surface area contributed by atoms with E-state index in [1.54, 1.807) is 42.5 Å². The Balaban J connectivity index is 1.23. The zero-order valence-electron chi connectivity index (χ0n) is 20.9. The highest BCUT2D eigenvalue weighted by atomic mass is 16.5. The molecule has 5 rings (SSSR count). The highest BCUT2D eigenvalue weighted by molar-refractivity contribution is 6.03. The van der Waals surface area contributed by atoms with E-state index in [1.165, 1.54) is 6.20 Å². The molecule has 0 bridgehead atoms. The molecule has 0 atom stereocenters. The summed E-state index contributed by atoms with van der Waals surface area (Å²) in [7, 11) is 0. The highest BCUT2D eigenvalue weighted by Gasteiger charge is 2.13. The summed E-state index contributed by atoms with van der Waals surface area (Å²) in [6.45, 7) is 6.39. The summed E-state index contributed by atoms with van der Waals surface area (Å²) in [5, 5.41) is 13.7. The molecule has 1 fully saturated rings. The fraction of sp³-hybridized carbons (Fsp3) is 0.259. The highest BCUT2D eigenvalue weighted by Crippen LogP contribution is 2.24. The molecule has 2 amide bonds. The van der Waals surface area contributed by atoms with Crippen LogP contribution in [0.4, 0.5) is 5.95 Å². The third-order valence-corrected chi connectivity index (χ3v) is 5.98. The van der Waals surface area contributed by atoms with E-state index in [0.29, 0.717) is 34.6 Å². The number of ether oxygens (including phenoxy) is 2. The van der Waals surface area contributed by atoms with E-state index in [2.05, 4.69) is 35.7 Å². The van der Waals surface area contributed by atoms with Crippen molar-refractivity contribution in [3.63, 3.8) is 0 Å². The van der Waals surface area contributed by atoms with Crippen molar-refractivity contribution in [1.29, 1.82) is 0 Å². The van der Waals surface area contributed by atoms with Gasteiger partial charge in [0.2, 0.25) is 5.95 Å². The zero-order chi connectivity index (χ0) is 26.3. The number of carbonyl (C=O) groups is 2. The van der Waals surface area contributed by atoms with E-state index in [0.717, 1.165) is 38.4 Å². The average Bonchev–Trinajstić information content (AvgIpc) is 2.94. The molecule has 1 aliphatic heterocycles. The molecular formula is C27H27N7O4. The third-order valence-electron chi connectivity index (χ3n) is 5.98. The second-order valence-corrected chi connectivity index (χ2v) is 8.79. The van der Waals surface area contributed by atoms with Crippen LogP contribution >= 0.6 is 0 Å². The number of nitrogens with one attached hydrogen (secondary N) is 2. The second kappa shape index (κ2) is 11.7. The lowest BCUT2D eigenvalue weighted by atomic mass is 10.1. The maximum atomic E-state index is 12.6. The van der Waals surface area contributed by atoms with Gasteiger partial charge in [0.15, 0.2) is 0 Å². The Kier molecular flexibility index (Phi) is 7.76. The predicted molar refractivity (Wildman–Crippen MR) is 140 cm³/mol. The van der Waals surface area contributed by atoms with Gasteiger partial charge >= 0.3 is 0 Å². The van der Waals surface area contributed by atoms with Crippen LogP contribution in [0, 0.1) is 6.92 Å². The smallest absolute Gasteiger partial charge is 0.270 e. The Morgan fingerprint density at radius 1 is 0.947 bits per heavy atom. The van der Waals surface area contributed by atoms with Gasteiger partial charge in [-0.3, -0.25) is 24.8 Å². The lowest BCUT2D eigenvalue weighted by Crippen LogP contribution is -2.41. The van der Waals surface area contributed by atoms with Gasteiger partial charge in [-0.15, -0.1) is 10.2 Å². The van der Waals surface area contributed by atoms with Gasteiger partial charge in [-0.05, 0) is 37.3 Å². The van der Waals surface area contributed by atoms with E-state index in [1.807, 2.05) is 19.1 Å². The largest absolute Gasteiger partial charge is 0.457 e. The third kappa shape index (κ3) is 6.44. The Morgan fingerprint density at radius 2 is 1.74 bits per heavy atom. The zero-order valence-corrected chi connectivity index (χ0v) is 20.9. The van der Waals surface area contributed by atoms with Crippen molar-refractivity contribution < 1.29 is 19.1 Å². The van der Waals surface area contributed by atoms with Crippen molar-refractivity contribution in [2.45, 2.75) is 6.92 Å². The van der Waals surface area contributed by atoms with E-state index in [4.69, 9.17) is 9.47 Å². The van der Waals surface area contributed by atoms with E-state index >= 15 is 0 Å². The van der Waals surface area contributed by atoms with Crippen LogP contribution < -0.4 is 15.4 Å². The van der Waals surface area contributed by atoms with Gasteiger partial charge in [-0.2, -0.15) is 0 Å². The summed E-state index contributed by atoms with van der Waals surface area (Å²) < 4.78 is 11.3. The molecule has 1 aliphatic rings. The van der Waals surface area contributed by atoms with Gasteiger partial charge in [0, 0.05) is 50.1 Å². The Morgan fingerprint density at radius 3 is 2.55 bits per heavy atom. The van der Waals surface area contributed by atoms with Crippen LogP contribution in [0.1, 0.15) is 26.4 Å². The van der Waals surface area contributed by atoms with E-state index < -0.39 is 0 Å². The summed E-state index contributed by atoms with van der Waals surface area (Å²) in [6.07, 6.45) is 1.52. The average molecular weight is 514 g/mol. The number of aryl methyl sites for hydroxylation is 1. The fourth-order valence-electron chi connectivity index (χ4n) is 3.89. The minimum Gasteiger partial charge on any atom is -0.457 e. The van der Waals surface area contributed by atoms with Gasteiger partial charge in [0.05, 0.1) is 18.7 Å². The number of pyridine rings is 1. The van der Waals surface area contributed by atoms with Crippen LogP contribution in [0.25, 0.3) is 11.0 Å². The summed E-state index contributed by atoms with van der Waals surface area (Å²) >= 11 is 0. The number of benzene rings is 2. The molecule has 11 heteroatoms. The summed E-state index contributed by atoms with van der Waals surface area (Å²) in [5.74, 6) is 0.422. The first-order chi connectivity index (χ1) is 18.5. The quantitative estimate of drug-likeness (QED) is 0.365. The number of nitrogens with zero attached hydrogens (tertiary/aromatic N) is 5. The van der Waals surface area contributed by atoms with Gasteiger partial charge < -0.3 is 14.8 Å². The van der Waals surface area contributed by atoms with E-state index in [9.17, 15) is 9.59 Å². The normalized spacial score (nSPS) is 13.7. The first kappa shape index (κ1) is 25.2. The van der Waals surface area contributed by atoms with Gasteiger partial charge in [0.1, 0.15) is 22.7 Å². The van der Waals surface area contributed by atoms with Crippen LogP contribution in [0.5, 0.6) is 11.5 Å². The number of fused-ring (bicyclic) bond motifs is 1. The summed E-state index contributed by atoms with van der Waals surface area (Å²) in [4.78, 5) is 35.9. The van der Waals surface area contributed by atoms with Crippen LogP contribution in [0.2, 0.25) is 0 Å². The maximum absolute atomic E-state index is 12.6. The van der Waals surface area contributed by atoms with Crippen molar-refractivity contribution in [3.05, 3.63) is 77.6 Å². The standard InChI is InChI=1S/C27H27N7O4/c1-18-2-4-19(5-3-18)25(35)31-27-30-23-16-20(6-7-22(23)32-33-27)38-21-8-9-28-24(17-21)26(36)29-10-11-34-12-14-37-15-13-34/h2-9,16-17H,10-15H2,1H3,(H,29,36)(H,30,31,33,35). The lowest BCUT2D eigenvalue weighted by Gasteiger charge is -2.26. The number of carbonyl (C=O) groups excluding carboxylic acids is 2. The van der Waals surface area contributed by atoms with E-state index in [-0.39, 0.29) is 23.5 Å². The number of hydrogen-bond acceptors (Lipinski definition) is 9. The van der Waals surface area contributed by atoms with Crippen molar-refractivity contribution in [3.8, 4) is 11.5 Å². The topological polar surface area (TPSA) is 131 Å². The Bertz CT molecular complexity index is 1440. The fourth-order valence-corrected chi connectivity index (χ4v) is 3.89. The SMILES string of the molecule is Cc1ccc(C(=O)Nc2nnc3ccc(Oc4ccnc(C(=O)NCCN5CCOCC5)c4)cc3n2)cc1. The number of aromatic nitrogens is 4. The minimum atomic E-state index is -0.328. The number of hydrogen-bond donors (Lipinski definition) is 2. The lowest BCUT2D eigenvalue weighted by molar-refractivity contribution is 0.0383. The first-order valence-electron chi connectivity index (χ1n) is 12.3. The number of morpholine rings is 1. The molecule has 194 valence electrons. The molecule has 0 unspecified atom stereocenters. The van der Waals surface area contributed by atoms with Crippen molar-refractivity contribution in [2.24, 2.45) is 0 Å². The minimum absolute atomic E-state index is 0.0835.